The molecule has 1 aliphatic carbocycles. The molecule has 2 aromatic carbocycles. The quantitative estimate of drug-likeness (QED) is 0.620. The van der Waals surface area contributed by atoms with Crippen LogP contribution in [0, 0.1) is 6.92 Å². The maximum atomic E-state index is 12.3. The molecule has 166 valence electrons. The number of ether oxygens (including phenoxy) is 2. The summed E-state index contributed by atoms with van der Waals surface area (Å²) in [6.45, 7) is 3.69. The molecule has 32 heavy (non-hydrogen) atoms. The number of halogens is 1. The Bertz CT molecular complexity index is 1050. The fourth-order valence-corrected chi connectivity index (χ4v) is 2.97. The van der Waals surface area contributed by atoms with Gasteiger partial charge in [-0.15, -0.1) is 0 Å². The molecule has 0 aromatic heterocycles. The van der Waals surface area contributed by atoms with Crippen LogP contribution in [0.15, 0.2) is 83.7 Å². The van der Waals surface area contributed by atoms with E-state index in [2.05, 4.69) is 10.6 Å². The van der Waals surface area contributed by atoms with Crippen LogP contribution in [-0.4, -0.2) is 25.0 Å². The van der Waals surface area contributed by atoms with Crippen LogP contribution >= 0.6 is 11.6 Å². The van der Waals surface area contributed by atoms with Crippen molar-refractivity contribution >= 4 is 23.4 Å². The van der Waals surface area contributed by atoms with Crippen molar-refractivity contribution in [1.29, 1.82) is 0 Å². The van der Waals surface area contributed by atoms with E-state index in [0.29, 0.717) is 34.3 Å². The average molecular weight is 453 g/mol. The largest absolute Gasteiger partial charge is 0.484 e. The lowest BCUT2D eigenvalue weighted by molar-refractivity contribution is -0.123. The first kappa shape index (κ1) is 23.2. The Balaban J connectivity index is 1.47. The molecule has 7 heteroatoms. The van der Waals surface area contributed by atoms with E-state index in [9.17, 15) is 9.59 Å². The highest BCUT2D eigenvalue weighted by Gasteiger charge is 2.11. The van der Waals surface area contributed by atoms with Crippen LogP contribution in [0.1, 0.15) is 18.9 Å². The van der Waals surface area contributed by atoms with E-state index in [1.54, 1.807) is 36.4 Å². The van der Waals surface area contributed by atoms with Gasteiger partial charge in [-0.25, -0.2) is 0 Å². The third kappa shape index (κ3) is 7.32. The fourth-order valence-electron chi connectivity index (χ4n) is 2.84. The lowest BCUT2D eigenvalue weighted by Gasteiger charge is -2.10. The van der Waals surface area contributed by atoms with E-state index in [1.807, 2.05) is 44.2 Å². The molecule has 0 saturated carbocycles. The van der Waals surface area contributed by atoms with Gasteiger partial charge in [0.15, 0.2) is 13.2 Å². The molecule has 2 N–H and O–H groups in total. The van der Waals surface area contributed by atoms with Crippen molar-refractivity contribution in [2.24, 2.45) is 0 Å². The molecule has 6 nitrogen and oxygen atoms in total. The molecule has 0 bridgehead atoms. The molecular formula is C25H25ClN2O4. The van der Waals surface area contributed by atoms with E-state index in [0.717, 1.165) is 11.1 Å². The monoisotopic (exact) mass is 452 g/mol. The topological polar surface area (TPSA) is 76.7 Å². The van der Waals surface area contributed by atoms with Crippen molar-refractivity contribution < 1.29 is 19.1 Å². The molecule has 0 saturated heterocycles. The zero-order valence-corrected chi connectivity index (χ0v) is 18.7. The molecule has 0 radical (unpaired) electrons. The van der Waals surface area contributed by atoms with Gasteiger partial charge in [-0.1, -0.05) is 35.4 Å². The molecule has 0 atom stereocenters. The van der Waals surface area contributed by atoms with Crippen LogP contribution in [0.4, 0.5) is 0 Å². The molecule has 3 rings (SSSR count). The maximum Gasteiger partial charge on any atom is 0.262 e. The summed E-state index contributed by atoms with van der Waals surface area (Å²) < 4.78 is 11.0. The van der Waals surface area contributed by atoms with Crippen molar-refractivity contribution in [3.8, 4) is 11.5 Å². The number of hydrogen-bond donors (Lipinski definition) is 2. The second-order valence-corrected chi connectivity index (χ2v) is 7.77. The van der Waals surface area contributed by atoms with E-state index < -0.39 is 0 Å². The van der Waals surface area contributed by atoms with Crippen molar-refractivity contribution in [2.45, 2.75) is 20.3 Å². The molecule has 0 unspecified atom stereocenters. The minimum atomic E-state index is -0.285. The summed E-state index contributed by atoms with van der Waals surface area (Å²) in [5.74, 6) is 0.659. The highest BCUT2D eigenvalue weighted by atomic mass is 35.5. The Kier molecular flexibility index (Phi) is 8.11. The third-order valence-corrected chi connectivity index (χ3v) is 4.90. The van der Waals surface area contributed by atoms with Crippen molar-refractivity contribution in [2.75, 3.05) is 13.2 Å². The molecule has 0 spiro atoms. The molecule has 0 fully saturated rings. The second-order valence-electron chi connectivity index (χ2n) is 7.33. The Morgan fingerprint density at radius 2 is 1.41 bits per heavy atom. The second kappa shape index (κ2) is 11.2. The average Bonchev–Trinajstić information content (AvgIpc) is 2.95. The molecule has 0 aliphatic heterocycles. The van der Waals surface area contributed by atoms with Gasteiger partial charge in [-0.2, -0.15) is 0 Å². The number of amides is 2. The summed E-state index contributed by atoms with van der Waals surface area (Å²) in [6.07, 6.45) is 5.97. The number of hydrogen-bond acceptors (Lipinski definition) is 4. The van der Waals surface area contributed by atoms with Gasteiger partial charge < -0.3 is 20.1 Å². The van der Waals surface area contributed by atoms with Crippen LogP contribution in [0.5, 0.6) is 11.5 Å². The molecule has 2 amide bonds. The van der Waals surface area contributed by atoms with Gasteiger partial charge >= 0.3 is 0 Å². The van der Waals surface area contributed by atoms with Crippen LogP contribution in [0.3, 0.4) is 0 Å². The highest BCUT2D eigenvalue weighted by Crippen LogP contribution is 2.17. The molecule has 0 heterocycles. The van der Waals surface area contributed by atoms with E-state index in [1.165, 1.54) is 0 Å². The number of carbonyl (C=O) groups is 2. The van der Waals surface area contributed by atoms with Crippen LogP contribution in [0.2, 0.25) is 5.02 Å². The number of rotatable bonds is 8. The van der Waals surface area contributed by atoms with Crippen molar-refractivity contribution in [3.63, 3.8) is 0 Å². The lowest BCUT2D eigenvalue weighted by atomic mass is 10.1. The highest BCUT2D eigenvalue weighted by molar-refractivity contribution is 6.30. The Labute approximate surface area is 192 Å². The van der Waals surface area contributed by atoms with Gasteiger partial charge in [-0.3, -0.25) is 9.59 Å². The van der Waals surface area contributed by atoms with Gasteiger partial charge in [-0.05, 0) is 74.4 Å². The Hall–Kier alpha value is -3.51. The molecule has 2 aromatic rings. The van der Waals surface area contributed by atoms with E-state index in [-0.39, 0.29) is 25.0 Å². The van der Waals surface area contributed by atoms with Crippen LogP contribution < -0.4 is 20.1 Å². The first-order valence-corrected chi connectivity index (χ1v) is 10.5. The fraction of sp³-hybridized carbons (Fsp3) is 0.200. The molecule has 1 aliphatic rings. The summed E-state index contributed by atoms with van der Waals surface area (Å²) in [6, 6.07) is 14.3. The zero-order chi connectivity index (χ0) is 22.9. The lowest BCUT2D eigenvalue weighted by Crippen LogP contribution is -2.28. The standard InChI is InChI=1S/C25H25ClN2O4/c1-17-3-10-21(11-4-17)32-16-25(30)28-23-14-9-20(8-5-18(23)2)27-24(29)15-31-22-12-6-19(26)7-13-22/h3-4,6-14H,5,15-16H2,1-2H3,(H,27,29)(H,28,30). The minimum absolute atomic E-state index is 0.0905. The maximum absolute atomic E-state index is 12.3. The number of carbonyl (C=O) groups excluding carboxylic acids is 2. The van der Waals surface area contributed by atoms with Crippen LogP contribution in [0.25, 0.3) is 0 Å². The first-order valence-electron chi connectivity index (χ1n) is 10.1. The summed E-state index contributed by atoms with van der Waals surface area (Å²) >= 11 is 5.84. The third-order valence-electron chi connectivity index (χ3n) is 4.65. The van der Waals surface area contributed by atoms with Crippen molar-refractivity contribution in [3.05, 3.63) is 94.3 Å². The van der Waals surface area contributed by atoms with E-state index >= 15 is 0 Å². The first-order chi connectivity index (χ1) is 15.4. The summed E-state index contributed by atoms with van der Waals surface area (Å²) in [5.41, 5.74) is 3.40. The van der Waals surface area contributed by atoms with Gasteiger partial charge in [0.25, 0.3) is 11.8 Å². The number of aryl methyl sites for hydroxylation is 1. The van der Waals surface area contributed by atoms with Gasteiger partial charge in [0.2, 0.25) is 0 Å². The van der Waals surface area contributed by atoms with Gasteiger partial charge in [0.05, 0.1) is 0 Å². The predicted molar refractivity (Wildman–Crippen MR) is 124 cm³/mol. The minimum Gasteiger partial charge on any atom is -0.484 e. The normalized spacial score (nSPS) is 13.2. The Morgan fingerprint density at radius 1 is 0.844 bits per heavy atom. The van der Waals surface area contributed by atoms with Gasteiger partial charge in [0.1, 0.15) is 11.5 Å². The Morgan fingerprint density at radius 3 is 2.03 bits per heavy atom. The zero-order valence-electron chi connectivity index (χ0n) is 18.0. The summed E-state index contributed by atoms with van der Waals surface area (Å²) in [5, 5.41) is 6.27. The summed E-state index contributed by atoms with van der Waals surface area (Å²) in [4.78, 5) is 24.5. The summed E-state index contributed by atoms with van der Waals surface area (Å²) in [7, 11) is 0. The van der Waals surface area contributed by atoms with Gasteiger partial charge in [0, 0.05) is 16.4 Å². The van der Waals surface area contributed by atoms with Crippen molar-refractivity contribution in [1.82, 2.24) is 10.6 Å². The molecular weight excluding hydrogens is 428 g/mol. The predicted octanol–water partition coefficient (Wildman–Crippen LogP) is 4.46. The number of nitrogens with one attached hydrogen (secondary N) is 2. The van der Waals surface area contributed by atoms with E-state index in [4.69, 9.17) is 21.1 Å². The number of allylic oxidation sites excluding steroid dienone is 4. The number of benzene rings is 2. The SMILES string of the molecule is CC1=C(NC(=O)COc2ccc(C)cc2)C=CC(NC(=O)COc2ccc(Cl)cc2)=CC1. The smallest absolute Gasteiger partial charge is 0.262 e. The van der Waals surface area contributed by atoms with Crippen LogP contribution in [-0.2, 0) is 9.59 Å².